The third-order valence-corrected chi connectivity index (χ3v) is 6.00. The maximum Gasteiger partial charge on any atom is 0.263 e. The molecule has 0 bridgehead atoms. The van der Waals surface area contributed by atoms with Gasteiger partial charge in [0, 0.05) is 32.5 Å². The minimum atomic E-state index is -0.0388. The van der Waals surface area contributed by atoms with Gasteiger partial charge in [-0.25, -0.2) is 4.98 Å². The van der Waals surface area contributed by atoms with Gasteiger partial charge in [-0.2, -0.15) is 4.98 Å². The van der Waals surface area contributed by atoms with Crippen molar-refractivity contribution in [3.05, 3.63) is 41.3 Å². The van der Waals surface area contributed by atoms with Crippen LogP contribution in [0.2, 0.25) is 0 Å². The molecule has 1 saturated heterocycles. The minimum absolute atomic E-state index is 0.0388. The molecule has 0 radical (unpaired) electrons. The highest BCUT2D eigenvalue weighted by Crippen LogP contribution is 2.32. The van der Waals surface area contributed by atoms with E-state index in [-0.39, 0.29) is 5.91 Å². The number of piperidine rings is 1. The molecule has 1 aliphatic rings. The van der Waals surface area contributed by atoms with E-state index in [1.807, 2.05) is 38.1 Å². The number of carbonyl (C=O) groups excluding carboxylic acids is 1. The molecule has 2 aromatic heterocycles. The highest BCUT2D eigenvalue weighted by molar-refractivity contribution is 5.88. The summed E-state index contributed by atoms with van der Waals surface area (Å²) in [6, 6.07) is 7.75. The Morgan fingerprint density at radius 1 is 1.18 bits per heavy atom. The van der Waals surface area contributed by atoms with E-state index >= 15 is 0 Å². The Bertz CT molecular complexity index is 1090. The number of nitrogens with one attached hydrogen (secondary N) is 1. The summed E-state index contributed by atoms with van der Waals surface area (Å²) in [5.74, 6) is 3.46. The van der Waals surface area contributed by atoms with Crippen LogP contribution in [-0.4, -0.2) is 40.7 Å². The number of nitrogens with zero attached hydrogens (tertiary/aromatic N) is 4. The quantitative estimate of drug-likeness (QED) is 0.552. The first-order valence-electron chi connectivity index (χ1n) is 11.8. The topological polar surface area (TPSA) is 93.4 Å². The molecule has 4 rings (SSSR count). The van der Waals surface area contributed by atoms with Gasteiger partial charge in [0.15, 0.2) is 0 Å². The Morgan fingerprint density at radius 2 is 1.91 bits per heavy atom. The summed E-state index contributed by atoms with van der Waals surface area (Å²) in [5.41, 5.74) is 2.32. The summed E-state index contributed by atoms with van der Waals surface area (Å²) in [4.78, 5) is 24.2. The molecule has 1 amide bonds. The Morgan fingerprint density at radius 3 is 2.61 bits per heavy atom. The lowest BCUT2D eigenvalue weighted by Crippen LogP contribution is -2.39. The summed E-state index contributed by atoms with van der Waals surface area (Å²) in [6.45, 7) is 11.4. The van der Waals surface area contributed by atoms with Crippen molar-refractivity contribution in [3.8, 4) is 5.75 Å². The Kier molecular flexibility index (Phi) is 7.11. The van der Waals surface area contributed by atoms with Crippen molar-refractivity contribution < 1.29 is 14.1 Å². The molecule has 0 spiro atoms. The van der Waals surface area contributed by atoms with Crippen LogP contribution >= 0.6 is 0 Å². The molecule has 0 unspecified atom stereocenters. The second-order valence-corrected chi connectivity index (χ2v) is 9.12. The summed E-state index contributed by atoms with van der Waals surface area (Å²) >= 11 is 0. The fourth-order valence-corrected chi connectivity index (χ4v) is 4.57. The zero-order chi connectivity index (χ0) is 23.4. The summed E-state index contributed by atoms with van der Waals surface area (Å²) < 4.78 is 10.9. The number of amides is 1. The zero-order valence-electron chi connectivity index (χ0n) is 19.9. The third-order valence-electron chi connectivity index (χ3n) is 6.00. The van der Waals surface area contributed by atoms with Crippen LogP contribution < -0.4 is 15.0 Å². The number of fused-ring (bicyclic) bond motifs is 1. The van der Waals surface area contributed by atoms with E-state index in [2.05, 4.69) is 34.2 Å². The monoisotopic (exact) mass is 451 g/mol. The van der Waals surface area contributed by atoms with Crippen LogP contribution in [0, 0.1) is 18.8 Å². The van der Waals surface area contributed by atoms with Crippen molar-refractivity contribution in [3.63, 3.8) is 0 Å². The molecule has 8 nitrogen and oxygen atoms in total. The van der Waals surface area contributed by atoms with E-state index in [4.69, 9.17) is 14.2 Å². The molecule has 3 heterocycles. The molecule has 176 valence electrons. The number of anilines is 1. The molecular formula is C25H33N5O3. The predicted molar refractivity (Wildman–Crippen MR) is 127 cm³/mol. The van der Waals surface area contributed by atoms with Crippen LogP contribution in [0.5, 0.6) is 5.75 Å². The maximum atomic E-state index is 12.5. The molecule has 3 aromatic rings. The van der Waals surface area contributed by atoms with Gasteiger partial charge in [-0.05, 0) is 49.8 Å². The van der Waals surface area contributed by atoms with Crippen molar-refractivity contribution in [1.82, 2.24) is 20.4 Å². The molecule has 8 heteroatoms. The van der Waals surface area contributed by atoms with Crippen molar-refractivity contribution >= 4 is 22.8 Å². The van der Waals surface area contributed by atoms with Crippen LogP contribution in [-0.2, 0) is 17.8 Å². The molecule has 1 aromatic carbocycles. The van der Waals surface area contributed by atoms with E-state index in [1.54, 1.807) is 0 Å². The number of aryl methyl sites for hydroxylation is 2. The van der Waals surface area contributed by atoms with Gasteiger partial charge in [0.25, 0.3) is 5.71 Å². The molecule has 33 heavy (non-hydrogen) atoms. The van der Waals surface area contributed by atoms with E-state index in [1.165, 1.54) is 6.42 Å². The second kappa shape index (κ2) is 10.2. The number of rotatable bonds is 8. The van der Waals surface area contributed by atoms with Gasteiger partial charge < -0.3 is 19.5 Å². The average molecular weight is 452 g/mol. The van der Waals surface area contributed by atoms with E-state index < -0.39 is 0 Å². The normalized spacial score (nSPS) is 18.5. The van der Waals surface area contributed by atoms with E-state index in [0.717, 1.165) is 41.3 Å². The fraction of sp³-hybridized carbons (Fsp3) is 0.520. The number of hydrogen-bond donors (Lipinski definition) is 1. The van der Waals surface area contributed by atoms with Gasteiger partial charge >= 0.3 is 0 Å². The van der Waals surface area contributed by atoms with Crippen molar-refractivity contribution in [1.29, 1.82) is 0 Å². The van der Waals surface area contributed by atoms with Gasteiger partial charge in [-0.15, -0.1) is 0 Å². The fourth-order valence-electron chi connectivity index (χ4n) is 4.57. The molecule has 1 fully saturated rings. The number of benzene rings is 1. The Hall–Kier alpha value is -3.16. The zero-order valence-corrected chi connectivity index (χ0v) is 19.9. The van der Waals surface area contributed by atoms with Gasteiger partial charge in [0.2, 0.25) is 5.91 Å². The SMILES string of the molecule is CCOc1ccc(CNC(=O)CCc2nc(N3C[C@@H](C)C[C@H](C)C3)c3c(C)noc3n2)cc1. The lowest BCUT2D eigenvalue weighted by molar-refractivity contribution is -0.121. The largest absolute Gasteiger partial charge is 0.494 e. The number of aromatic nitrogens is 3. The first-order chi connectivity index (χ1) is 15.9. The first kappa shape index (κ1) is 23.0. The lowest BCUT2D eigenvalue weighted by Gasteiger charge is -2.36. The lowest BCUT2D eigenvalue weighted by atomic mass is 9.92. The second-order valence-electron chi connectivity index (χ2n) is 9.12. The van der Waals surface area contributed by atoms with E-state index in [9.17, 15) is 4.79 Å². The molecule has 1 N–H and O–H groups in total. The smallest absolute Gasteiger partial charge is 0.263 e. The van der Waals surface area contributed by atoms with Gasteiger partial charge in [-0.3, -0.25) is 4.79 Å². The van der Waals surface area contributed by atoms with Crippen molar-refractivity contribution in [2.24, 2.45) is 11.8 Å². The van der Waals surface area contributed by atoms with Crippen LogP contribution in [0.15, 0.2) is 28.8 Å². The Labute approximate surface area is 194 Å². The average Bonchev–Trinajstić information content (AvgIpc) is 3.17. The van der Waals surface area contributed by atoms with E-state index in [0.29, 0.717) is 49.4 Å². The summed E-state index contributed by atoms with van der Waals surface area (Å²) in [5, 5.41) is 7.96. The van der Waals surface area contributed by atoms with Crippen molar-refractivity contribution in [2.75, 3.05) is 24.6 Å². The van der Waals surface area contributed by atoms with Crippen LogP contribution in [0.4, 0.5) is 5.82 Å². The van der Waals surface area contributed by atoms with Gasteiger partial charge in [-0.1, -0.05) is 31.1 Å². The van der Waals surface area contributed by atoms with Gasteiger partial charge in [0.1, 0.15) is 22.8 Å². The molecule has 2 atom stereocenters. The first-order valence-corrected chi connectivity index (χ1v) is 11.8. The number of carbonyl (C=O) groups is 1. The molecule has 1 aliphatic heterocycles. The molecular weight excluding hydrogens is 418 g/mol. The van der Waals surface area contributed by atoms with Crippen molar-refractivity contribution in [2.45, 2.75) is 53.5 Å². The third kappa shape index (κ3) is 5.61. The van der Waals surface area contributed by atoms with Crippen LogP contribution in [0.3, 0.4) is 0 Å². The predicted octanol–water partition coefficient (Wildman–Crippen LogP) is 4.06. The molecule has 0 saturated carbocycles. The number of hydrogen-bond acceptors (Lipinski definition) is 7. The molecule has 0 aliphatic carbocycles. The van der Waals surface area contributed by atoms with Crippen LogP contribution in [0.1, 0.15) is 50.7 Å². The highest BCUT2D eigenvalue weighted by atomic mass is 16.5. The van der Waals surface area contributed by atoms with Gasteiger partial charge in [0.05, 0.1) is 12.3 Å². The minimum Gasteiger partial charge on any atom is -0.494 e. The highest BCUT2D eigenvalue weighted by Gasteiger charge is 2.27. The summed E-state index contributed by atoms with van der Waals surface area (Å²) in [6.07, 6.45) is 1.97. The van der Waals surface area contributed by atoms with Crippen LogP contribution in [0.25, 0.3) is 11.1 Å². The standard InChI is InChI=1S/C25H33N5O3/c1-5-32-20-8-6-19(7-9-20)13-26-22(31)11-10-21-27-24(23-18(4)29-33-25(23)28-21)30-14-16(2)12-17(3)15-30/h6-9,16-17H,5,10-15H2,1-4H3,(H,26,31)/t16-,17-/m0/s1. The number of ether oxygens (including phenoxy) is 1. The summed E-state index contributed by atoms with van der Waals surface area (Å²) in [7, 11) is 0. The Balaban J connectivity index is 1.41. The maximum absolute atomic E-state index is 12.5.